The average molecular weight is 416 g/mol. The third-order valence-corrected chi connectivity index (χ3v) is 6.55. The summed E-state index contributed by atoms with van der Waals surface area (Å²) in [6.07, 6.45) is 2.71. The van der Waals surface area contributed by atoms with Gasteiger partial charge in [-0.1, -0.05) is 30.5 Å². The molecule has 1 aliphatic carbocycles. The van der Waals surface area contributed by atoms with E-state index in [-0.39, 0.29) is 10.8 Å². The van der Waals surface area contributed by atoms with Crippen molar-refractivity contribution in [3.05, 3.63) is 54.1 Å². The van der Waals surface area contributed by atoms with Gasteiger partial charge in [-0.05, 0) is 56.2 Å². The van der Waals surface area contributed by atoms with E-state index in [1.54, 1.807) is 36.4 Å². The number of carboxylic acids is 1. The minimum absolute atomic E-state index is 0.164. The number of carbonyl (C=O) groups is 2. The predicted molar refractivity (Wildman–Crippen MR) is 110 cm³/mol. The molecule has 7 nitrogen and oxygen atoms in total. The van der Waals surface area contributed by atoms with Gasteiger partial charge >= 0.3 is 5.97 Å². The molecule has 2 aromatic rings. The molecule has 0 radical (unpaired) electrons. The summed E-state index contributed by atoms with van der Waals surface area (Å²) in [5.41, 5.74) is 1.82. The molecule has 29 heavy (non-hydrogen) atoms. The normalized spacial score (nSPS) is 19.3. The molecule has 2 unspecified atom stereocenters. The lowest BCUT2D eigenvalue weighted by atomic mass is 9.78. The van der Waals surface area contributed by atoms with Crippen LogP contribution in [-0.2, 0) is 19.6 Å². The monoisotopic (exact) mass is 416 g/mol. The van der Waals surface area contributed by atoms with Crippen LogP contribution in [0, 0.1) is 18.8 Å². The summed E-state index contributed by atoms with van der Waals surface area (Å²) in [5.74, 6) is -2.47. The van der Waals surface area contributed by atoms with Crippen LogP contribution in [0.2, 0.25) is 0 Å². The van der Waals surface area contributed by atoms with Crippen molar-refractivity contribution in [1.82, 2.24) is 0 Å². The van der Waals surface area contributed by atoms with Crippen LogP contribution >= 0.6 is 0 Å². The van der Waals surface area contributed by atoms with Crippen LogP contribution in [-0.4, -0.2) is 25.4 Å². The van der Waals surface area contributed by atoms with Gasteiger partial charge in [-0.25, -0.2) is 8.42 Å². The molecule has 0 heterocycles. The molecule has 1 aliphatic rings. The van der Waals surface area contributed by atoms with Gasteiger partial charge in [-0.2, -0.15) is 0 Å². The highest BCUT2D eigenvalue weighted by Gasteiger charge is 2.35. The molecule has 0 aliphatic heterocycles. The van der Waals surface area contributed by atoms with E-state index in [2.05, 4.69) is 10.0 Å². The number of rotatable bonds is 6. The van der Waals surface area contributed by atoms with Gasteiger partial charge in [-0.15, -0.1) is 0 Å². The lowest BCUT2D eigenvalue weighted by Gasteiger charge is -2.27. The van der Waals surface area contributed by atoms with E-state index in [0.29, 0.717) is 24.2 Å². The third kappa shape index (κ3) is 5.14. The minimum Gasteiger partial charge on any atom is -0.481 e. The Kier molecular flexibility index (Phi) is 6.22. The molecule has 0 saturated heterocycles. The molecular formula is C21H24N2O5S. The first-order valence-electron chi connectivity index (χ1n) is 9.49. The molecule has 3 N–H and O–H groups in total. The molecule has 0 bridgehead atoms. The van der Waals surface area contributed by atoms with Crippen LogP contribution in [0.4, 0.5) is 11.4 Å². The molecule has 2 aromatic carbocycles. The SMILES string of the molecule is Cc1ccc(S(=O)(=O)Nc2ccc(NC(=O)C3CCCCC3C(=O)O)cc2)cc1. The number of nitrogens with one attached hydrogen (secondary N) is 2. The fraction of sp³-hybridized carbons (Fsp3) is 0.333. The maximum atomic E-state index is 12.5. The number of carbonyl (C=O) groups excluding carboxylic acids is 1. The average Bonchev–Trinajstić information content (AvgIpc) is 2.69. The van der Waals surface area contributed by atoms with Gasteiger partial charge in [0.15, 0.2) is 0 Å². The first kappa shape index (κ1) is 20.9. The van der Waals surface area contributed by atoms with Crippen LogP contribution < -0.4 is 10.0 Å². The fourth-order valence-electron chi connectivity index (χ4n) is 3.53. The molecule has 0 spiro atoms. The van der Waals surface area contributed by atoms with Crippen molar-refractivity contribution in [2.24, 2.45) is 11.8 Å². The quantitative estimate of drug-likeness (QED) is 0.666. The summed E-state index contributed by atoms with van der Waals surface area (Å²) in [5, 5.41) is 12.1. The molecular weight excluding hydrogens is 392 g/mol. The number of aryl methyl sites for hydroxylation is 1. The van der Waals surface area contributed by atoms with Gasteiger partial charge in [0, 0.05) is 11.4 Å². The highest BCUT2D eigenvalue weighted by atomic mass is 32.2. The Morgan fingerprint density at radius 3 is 2.03 bits per heavy atom. The largest absolute Gasteiger partial charge is 0.481 e. The van der Waals surface area contributed by atoms with E-state index < -0.39 is 27.8 Å². The number of anilines is 2. The highest BCUT2D eigenvalue weighted by Crippen LogP contribution is 2.31. The Morgan fingerprint density at radius 1 is 0.897 bits per heavy atom. The van der Waals surface area contributed by atoms with Crippen molar-refractivity contribution in [1.29, 1.82) is 0 Å². The van der Waals surface area contributed by atoms with Crippen LogP contribution in [0.3, 0.4) is 0 Å². The van der Waals surface area contributed by atoms with Crippen LogP contribution in [0.1, 0.15) is 31.2 Å². The van der Waals surface area contributed by atoms with E-state index >= 15 is 0 Å². The van der Waals surface area contributed by atoms with Gasteiger partial charge in [0.1, 0.15) is 0 Å². The first-order valence-corrected chi connectivity index (χ1v) is 11.0. The second-order valence-corrected chi connectivity index (χ2v) is 9.00. The lowest BCUT2D eigenvalue weighted by Crippen LogP contribution is -2.36. The van der Waals surface area contributed by atoms with E-state index in [9.17, 15) is 23.1 Å². The third-order valence-electron chi connectivity index (χ3n) is 5.16. The van der Waals surface area contributed by atoms with Crippen molar-refractivity contribution in [2.45, 2.75) is 37.5 Å². The number of carboxylic acid groups (broad SMARTS) is 1. The summed E-state index contributed by atoms with van der Waals surface area (Å²) in [7, 11) is -3.70. The number of benzene rings is 2. The van der Waals surface area contributed by atoms with E-state index in [1.807, 2.05) is 6.92 Å². The Morgan fingerprint density at radius 2 is 1.45 bits per heavy atom. The smallest absolute Gasteiger partial charge is 0.307 e. The number of amides is 1. The molecule has 154 valence electrons. The topological polar surface area (TPSA) is 113 Å². The van der Waals surface area contributed by atoms with Crippen molar-refractivity contribution < 1.29 is 23.1 Å². The predicted octanol–water partition coefficient (Wildman–Crippen LogP) is 3.63. The molecule has 1 amide bonds. The summed E-state index contributed by atoms with van der Waals surface area (Å²) in [6, 6.07) is 12.8. The second kappa shape index (κ2) is 8.65. The molecule has 1 saturated carbocycles. The fourth-order valence-corrected chi connectivity index (χ4v) is 4.59. The number of aliphatic carboxylic acids is 1. The Balaban J connectivity index is 1.66. The van der Waals surface area contributed by atoms with Crippen molar-refractivity contribution >= 4 is 33.3 Å². The maximum Gasteiger partial charge on any atom is 0.307 e. The summed E-state index contributed by atoms with van der Waals surface area (Å²) in [4.78, 5) is 24.1. The molecule has 0 aromatic heterocycles. The number of hydrogen-bond donors (Lipinski definition) is 3. The second-order valence-electron chi connectivity index (χ2n) is 7.32. The van der Waals surface area contributed by atoms with Crippen LogP contribution in [0.5, 0.6) is 0 Å². The Hall–Kier alpha value is -2.87. The standard InChI is InChI=1S/C21H24N2O5S/c1-14-6-12-17(13-7-14)29(27,28)23-16-10-8-15(9-11-16)22-20(24)18-4-2-3-5-19(18)21(25)26/h6-13,18-19,23H,2-5H2,1H3,(H,22,24)(H,25,26). The summed E-state index contributed by atoms with van der Waals surface area (Å²) in [6.45, 7) is 1.88. The summed E-state index contributed by atoms with van der Waals surface area (Å²) >= 11 is 0. The number of hydrogen-bond acceptors (Lipinski definition) is 4. The van der Waals surface area contributed by atoms with Gasteiger partial charge in [0.25, 0.3) is 10.0 Å². The zero-order valence-electron chi connectivity index (χ0n) is 16.1. The van der Waals surface area contributed by atoms with Crippen molar-refractivity contribution in [3.63, 3.8) is 0 Å². The highest BCUT2D eigenvalue weighted by molar-refractivity contribution is 7.92. The van der Waals surface area contributed by atoms with Gasteiger partial charge in [0.2, 0.25) is 5.91 Å². The van der Waals surface area contributed by atoms with E-state index in [4.69, 9.17) is 0 Å². The lowest BCUT2D eigenvalue weighted by molar-refractivity contribution is -0.147. The van der Waals surface area contributed by atoms with Crippen molar-refractivity contribution in [3.8, 4) is 0 Å². The molecule has 3 rings (SSSR count). The van der Waals surface area contributed by atoms with Gasteiger partial charge in [0.05, 0.1) is 16.7 Å². The molecule has 1 fully saturated rings. The zero-order valence-corrected chi connectivity index (χ0v) is 16.9. The van der Waals surface area contributed by atoms with Crippen molar-refractivity contribution in [2.75, 3.05) is 10.0 Å². The Labute approximate surface area is 170 Å². The molecule has 8 heteroatoms. The van der Waals surface area contributed by atoms with Gasteiger partial charge < -0.3 is 10.4 Å². The minimum atomic E-state index is -3.70. The maximum absolute atomic E-state index is 12.5. The van der Waals surface area contributed by atoms with Crippen LogP contribution in [0.15, 0.2) is 53.4 Å². The van der Waals surface area contributed by atoms with Gasteiger partial charge in [-0.3, -0.25) is 14.3 Å². The zero-order chi connectivity index (χ0) is 21.0. The van der Waals surface area contributed by atoms with Crippen LogP contribution in [0.25, 0.3) is 0 Å². The van der Waals surface area contributed by atoms with E-state index in [0.717, 1.165) is 18.4 Å². The summed E-state index contributed by atoms with van der Waals surface area (Å²) < 4.78 is 27.4. The van der Waals surface area contributed by atoms with E-state index in [1.165, 1.54) is 12.1 Å². The Bertz CT molecular complexity index is 985. The first-order chi connectivity index (χ1) is 13.8. The number of sulfonamides is 1. The molecule has 2 atom stereocenters.